The molecule has 6 heteroatoms. The van der Waals surface area contributed by atoms with Crippen molar-refractivity contribution < 1.29 is 14.6 Å². The molecular formula is C38H57N3O3. The topological polar surface area (TPSA) is 96.6 Å². The summed E-state index contributed by atoms with van der Waals surface area (Å²) in [7, 11) is 0. The van der Waals surface area contributed by atoms with Gasteiger partial charge in [0.15, 0.2) is 0 Å². The summed E-state index contributed by atoms with van der Waals surface area (Å²) in [4.78, 5) is 11.4. The molecule has 0 aromatic heterocycles. The number of aromatic carboxylic acids is 1. The number of carbonyl (C=O) groups is 1. The second-order valence-corrected chi connectivity index (χ2v) is 16.4. The molecule has 6 nitrogen and oxygen atoms in total. The van der Waals surface area contributed by atoms with Crippen LogP contribution in [0.5, 0.6) is 0 Å². The lowest BCUT2D eigenvalue weighted by Crippen LogP contribution is -2.63. The molecule has 0 spiro atoms. The van der Waals surface area contributed by atoms with Crippen molar-refractivity contribution in [3.8, 4) is 0 Å². The Labute approximate surface area is 265 Å². The molecule has 1 saturated heterocycles. The molecule has 0 radical (unpaired) electrons. The molecule has 5 fully saturated rings. The normalized spacial score (nSPS) is 44.7. The zero-order valence-electron chi connectivity index (χ0n) is 27.5. The van der Waals surface area contributed by atoms with Gasteiger partial charge in [-0.3, -0.25) is 0 Å². The SMILES string of the molecule is CC1C(c2ccc(C(=O)O)cc2)=CC[C@@]2(C)C1CC[C@@]1(C)C3CC[C@@]4(NCCNCC5CC(N)CO5)CCC[C@@H]4[C@H]3CCC21. The van der Waals surface area contributed by atoms with Gasteiger partial charge in [-0.2, -0.15) is 0 Å². The lowest BCUT2D eigenvalue weighted by Gasteiger charge is -2.67. The molecule has 5 aliphatic carbocycles. The molecule has 6 unspecified atom stereocenters. The van der Waals surface area contributed by atoms with Crippen LogP contribution in [-0.4, -0.2) is 55.0 Å². The summed E-state index contributed by atoms with van der Waals surface area (Å²) in [6, 6.07) is 7.83. The summed E-state index contributed by atoms with van der Waals surface area (Å²) in [6.07, 6.45) is 17.4. The minimum absolute atomic E-state index is 0.211. The van der Waals surface area contributed by atoms with E-state index in [1.807, 2.05) is 12.1 Å². The Morgan fingerprint density at radius 2 is 1.77 bits per heavy atom. The number of carboxylic acid groups (broad SMARTS) is 1. The van der Waals surface area contributed by atoms with E-state index in [1.165, 1.54) is 68.9 Å². The van der Waals surface area contributed by atoms with E-state index in [4.69, 9.17) is 10.5 Å². The van der Waals surface area contributed by atoms with Crippen molar-refractivity contribution in [1.29, 1.82) is 0 Å². The zero-order valence-corrected chi connectivity index (χ0v) is 27.5. The van der Waals surface area contributed by atoms with E-state index in [2.05, 4.69) is 37.5 Å². The van der Waals surface area contributed by atoms with Crippen molar-refractivity contribution in [2.24, 2.45) is 52.1 Å². The Morgan fingerprint density at radius 1 is 0.977 bits per heavy atom. The van der Waals surface area contributed by atoms with E-state index in [-0.39, 0.29) is 12.1 Å². The van der Waals surface area contributed by atoms with E-state index < -0.39 is 5.97 Å². The van der Waals surface area contributed by atoms with Crippen molar-refractivity contribution in [3.63, 3.8) is 0 Å². The van der Waals surface area contributed by atoms with Crippen LogP contribution >= 0.6 is 0 Å². The fourth-order valence-electron chi connectivity index (χ4n) is 12.5. The van der Waals surface area contributed by atoms with Gasteiger partial charge in [-0.15, -0.1) is 0 Å². The standard InChI is InChI=1S/C38H57N3O3/c1-24-29(25-6-8-26(9-7-25)35(42)43)12-16-36(2)31(24)13-17-37(3)32-14-18-38(15-4-5-33(38)30(32)10-11-34(36)37)41-20-19-40-22-28-21-27(39)23-44-28/h6-9,12,24,27-28,30-34,40-41H,4-5,10-11,13-23,39H2,1-3H3,(H,42,43)/t24?,27?,28?,30-,31?,32?,33+,34?,36-,37-,38-/m0/s1. The first kappa shape index (κ1) is 30.9. The number of benzene rings is 1. The number of hydrogen-bond acceptors (Lipinski definition) is 5. The van der Waals surface area contributed by atoms with E-state index in [0.29, 0.717) is 40.4 Å². The van der Waals surface area contributed by atoms with Crippen molar-refractivity contribution in [3.05, 3.63) is 41.5 Å². The summed E-state index contributed by atoms with van der Waals surface area (Å²) in [6.45, 7) is 11.5. The zero-order chi connectivity index (χ0) is 30.7. The van der Waals surface area contributed by atoms with Crippen molar-refractivity contribution in [2.75, 3.05) is 26.2 Å². The highest BCUT2D eigenvalue weighted by molar-refractivity contribution is 5.88. The lowest BCUT2D eigenvalue weighted by molar-refractivity contribution is -0.164. The van der Waals surface area contributed by atoms with Crippen molar-refractivity contribution in [2.45, 2.75) is 109 Å². The fraction of sp³-hybridized carbons (Fsp3) is 0.763. The molecule has 7 rings (SSSR count). The highest BCUT2D eigenvalue weighted by atomic mass is 16.5. The molecule has 1 heterocycles. The van der Waals surface area contributed by atoms with Crippen LogP contribution in [0.15, 0.2) is 30.3 Å². The second kappa shape index (κ2) is 11.8. The van der Waals surface area contributed by atoms with Gasteiger partial charge in [-0.1, -0.05) is 45.4 Å². The van der Waals surface area contributed by atoms with Gasteiger partial charge in [0.2, 0.25) is 0 Å². The quantitative estimate of drug-likeness (QED) is 0.253. The molecular weight excluding hydrogens is 546 g/mol. The number of ether oxygens (including phenoxy) is 1. The molecule has 5 N–H and O–H groups in total. The van der Waals surface area contributed by atoms with E-state index in [1.54, 1.807) is 12.1 Å². The van der Waals surface area contributed by atoms with Crippen LogP contribution in [0.1, 0.15) is 107 Å². The van der Waals surface area contributed by atoms with Crippen LogP contribution in [0.25, 0.3) is 5.57 Å². The number of rotatable bonds is 8. The first-order valence-electron chi connectivity index (χ1n) is 18.0. The van der Waals surface area contributed by atoms with Crippen molar-refractivity contribution >= 4 is 11.5 Å². The number of nitrogens with two attached hydrogens (primary N) is 1. The molecule has 6 aliphatic rings. The summed E-state index contributed by atoms with van der Waals surface area (Å²) >= 11 is 0. The molecule has 242 valence electrons. The first-order valence-corrected chi connectivity index (χ1v) is 18.0. The minimum Gasteiger partial charge on any atom is -0.478 e. The highest BCUT2D eigenvalue weighted by Gasteiger charge is 2.64. The Hall–Kier alpha value is -1.73. The second-order valence-electron chi connectivity index (χ2n) is 16.4. The van der Waals surface area contributed by atoms with Gasteiger partial charge in [-0.05, 0) is 134 Å². The summed E-state index contributed by atoms with van der Waals surface area (Å²) in [5.74, 6) is 3.73. The maximum absolute atomic E-state index is 11.4. The number of nitrogens with one attached hydrogen (secondary N) is 2. The average molecular weight is 604 g/mol. The van der Waals surface area contributed by atoms with Gasteiger partial charge in [0.05, 0.1) is 18.3 Å². The number of hydrogen-bond donors (Lipinski definition) is 4. The molecule has 1 aromatic carbocycles. The highest BCUT2D eigenvalue weighted by Crippen LogP contribution is 2.70. The number of allylic oxidation sites excluding steroid dienone is 2. The maximum Gasteiger partial charge on any atom is 0.335 e. The summed E-state index contributed by atoms with van der Waals surface area (Å²) in [5.41, 5.74) is 10.2. The van der Waals surface area contributed by atoms with Crippen LogP contribution in [0.3, 0.4) is 0 Å². The van der Waals surface area contributed by atoms with Crippen LogP contribution in [-0.2, 0) is 4.74 Å². The average Bonchev–Trinajstić information content (AvgIpc) is 3.63. The smallest absolute Gasteiger partial charge is 0.335 e. The van der Waals surface area contributed by atoms with E-state index in [9.17, 15) is 9.90 Å². The molecule has 1 aromatic rings. The van der Waals surface area contributed by atoms with Crippen molar-refractivity contribution in [1.82, 2.24) is 10.6 Å². The van der Waals surface area contributed by atoms with Gasteiger partial charge in [-0.25, -0.2) is 4.79 Å². The van der Waals surface area contributed by atoms with E-state index >= 15 is 0 Å². The monoisotopic (exact) mass is 603 g/mol. The maximum atomic E-state index is 11.4. The Bertz CT molecular complexity index is 1250. The molecule has 1 aliphatic heterocycles. The van der Waals surface area contributed by atoms with Gasteiger partial charge >= 0.3 is 5.97 Å². The predicted octanol–water partition coefficient (Wildman–Crippen LogP) is 6.50. The Morgan fingerprint density at radius 3 is 2.52 bits per heavy atom. The van der Waals surface area contributed by atoms with E-state index in [0.717, 1.165) is 56.1 Å². The number of carboxylic acids is 1. The molecule has 11 atom stereocenters. The van der Waals surface area contributed by atoms with Gasteiger partial charge in [0.1, 0.15) is 0 Å². The van der Waals surface area contributed by atoms with Crippen LogP contribution in [0.4, 0.5) is 0 Å². The largest absolute Gasteiger partial charge is 0.478 e. The molecule has 0 bridgehead atoms. The van der Waals surface area contributed by atoms with Crippen LogP contribution < -0.4 is 16.4 Å². The summed E-state index contributed by atoms with van der Waals surface area (Å²) in [5, 5.41) is 17.2. The molecule has 0 amide bonds. The van der Waals surface area contributed by atoms with Gasteiger partial charge in [0, 0.05) is 31.2 Å². The third-order valence-electron chi connectivity index (χ3n) is 14.4. The predicted molar refractivity (Wildman–Crippen MR) is 176 cm³/mol. The Balaban J connectivity index is 1.03. The third-order valence-corrected chi connectivity index (χ3v) is 14.4. The molecule has 44 heavy (non-hydrogen) atoms. The minimum atomic E-state index is -0.849. The lowest BCUT2D eigenvalue weighted by atomic mass is 9.38. The van der Waals surface area contributed by atoms with Crippen LogP contribution in [0, 0.1) is 46.3 Å². The van der Waals surface area contributed by atoms with Gasteiger partial charge in [0.25, 0.3) is 0 Å². The third kappa shape index (κ3) is 5.11. The first-order chi connectivity index (χ1) is 21.1. The summed E-state index contributed by atoms with van der Waals surface area (Å²) < 4.78 is 5.80. The fourth-order valence-corrected chi connectivity index (χ4v) is 12.5. The molecule has 4 saturated carbocycles. The number of fused-ring (bicyclic) bond motifs is 7. The van der Waals surface area contributed by atoms with Crippen LogP contribution in [0.2, 0.25) is 0 Å². The van der Waals surface area contributed by atoms with Gasteiger partial charge < -0.3 is 26.2 Å². The Kier molecular flexibility index (Phi) is 8.30.